The van der Waals surface area contributed by atoms with Crippen LogP contribution in [0.25, 0.3) is 5.65 Å². The summed E-state index contributed by atoms with van der Waals surface area (Å²) in [4.78, 5) is 22.0. The lowest BCUT2D eigenvalue weighted by Crippen LogP contribution is -2.45. The highest BCUT2D eigenvalue weighted by Crippen LogP contribution is 2.11. The van der Waals surface area contributed by atoms with Crippen molar-refractivity contribution in [1.82, 2.24) is 19.2 Å². The molecule has 0 bridgehead atoms. The quantitative estimate of drug-likeness (QED) is 0.726. The van der Waals surface area contributed by atoms with Gasteiger partial charge in [-0.15, -0.1) is 0 Å². The van der Waals surface area contributed by atoms with Gasteiger partial charge in [0.25, 0.3) is 5.56 Å². The number of aromatic nitrogens is 2. The first-order valence-corrected chi connectivity index (χ1v) is 9.16. The molecule has 3 heterocycles. The Kier molecular flexibility index (Phi) is 4.82. The van der Waals surface area contributed by atoms with Gasteiger partial charge in [0.15, 0.2) is 0 Å². The Morgan fingerprint density at radius 2 is 1.58 bits per heavy atom. The smallest absolute Gasteiger partial charge is 0.258 e. The maximum absolute atomic E-state index is 12.4. The molecule has 2 aromatic heterocycles. The predicted molar refractivity (Wildman–Crippen MR) is 103 cm³/mol. The molecule has 0 saturated carbocycles. The Morgan fingerprint density at radius 3 is 2.31 bits per heavy atom. The first-order valence-electron chi connectivity index (χ1n) is 9.16. The van der Waals surface area contributed by atoms with Crippen molar-refractivity contribution < 1.29 is 0 Å². The summed E-state index contributed by atoms with van der Waals surface area (Å²) in [5, 5.41) is 0. The predicted octanol–water partition coefficient (Wildman–Crippen LogP) is 2.32. The van der Waals surface area contributed by atoms with E-state index in [1.807, 2.05) is 25.1 Å². The molecule has 1 saturated heterocycles. The summed E-state index contributed by atoms with van der Waals surface area (Å²) in [6.45, 7) is 7.76. The molecular formula is C21H24N4O. The Hall–Kier alpha value is -2.50. The van der Waals surface area contributed by atoms with Gasteiger partial charge in [-0.2, -0.15) is 0 Å². The fourth-order valence-corrected chi connectivity index (χ4v) is 3.62. The number of benzene rings is 1. The normalized spacial score (nSPS) is 16.2. The van der Waals surface area contributed by atoms with E-state index in [2.05, 4.69) is 45.1 Å². The van der Waals surface area contributed by atoms with Gasteiger partial charge < -0.3 is 0 Å². The average molecular weight is 348 g/mol. The minimum absolute atomic E-state index is 0.00538. The van der Waals surface area contributed by atoms with Crippen molar-refractivity contribution >= 4 is 5.65 Å². The molecule has 1 fully saturated rings. The molecule has 5 nitrogen and oxygen atoms in total. The van der Waals surface area contributed by atoms with Crippen LogP contribution >= 0.6 is 0 Å². The van der Waals surface area contributed by atoms with Crippen LogP contribution in [0.4, 0.5) is 0 Å². The lowest BCUT2D eigenvalue weighted by atomic mass is 10.2. The number of aryl methyl sites for hydroxylation is 1. The average Bonchev–Trinajstić information content (AvgIpc) is 2.64. The van der Waals surface area contributed by atoms with Gasteiger partial charge in [-0.1, -0.05) is 36.4 Å². The standard InChI is InChI=1S/C21H24N4O/c1-17-6-5-9-20-22-19(14-21(26)25(17)20)16-24-12-10-23(11-13-24)15-18-7-3-2-4-8-18/h2-9,14H,10-13,15-16H2,1H3. The Bertz CT molecular complexity index is 943. The van der Waals surface area contributed by atoms with Gasteiger partial charge in [-0.25, -0.2) is 4.98 Å². The van der Waals surface area contributed by atoms with Gasteiger partial charge in [0.1, 0.15) is 5.65 Å². The third-order valence-electron chi connectivity index (χ3n) is 5.03. The van der Waals surface area contributed by atoms with Crippen LogP contribution in [-0.4, -0.2) is 45.4 Å². The van der Waals surface area contributed by atoms with Gasteiger partial charge in [0.05, 0.1) is 5.69 Å². The second-order valence-corrected chi connectivity index (χ2v) is 6.98. The van der Waals surface area contributed by atoms with Gasteiger partial charge in [0, 0.05) is 51.0 Å². The SMILES string of the molecule is Cc1cccc2nc(CN3CCN(Cc4ccccc4)CC3)cc(=O)n12. The number of hydrogen-bond donors (Lipinski definition) is 0. The van der Waals surface area contributed by atoms with Crippen LogP contribution in [0, 0.1) is 6.92 Å². The lowest BCUT2D eigenvalue weighted by molar-refractivity contribution is 0.121. The largest absolute Gasteiger partial charge is 0.297 e. The second kappa shape index (κ2) is 7.40. The molecule has 0 N–H and O–H groups in total. The molecule has 4 rings (SSSR count). The van der Waals surface area contributed by atoms with Crippen LogP contribution in [0.1, 0.15) is 17.0 Å². The Balaban J connectivity index is 1.40. The van der Waals surface area contributed by atoms with Crippen molar-refractivity contribution in [2.75, 3.05) is 26.2 Å². The molecular weight excluding hydrogens is 324 g/mol. The summed E-state index contributed by atoms with van der Waals surface area (Å²) in [7, 11) is 0. The summed E-state index contributed by atoms with van der Waals surface area (Å²) in [5.41, 5.74) is 3.87. The van der Waals surface area contributed by atoms with Crippen LogP contribution in [0.2, 0.25) is 0 Å². The summed E-state index contributed by atoms with van der Waals surface area (Å²) in [5.74, 6) is 0. The fraction of sp³-hybridized carbons (Fsp3) is 0.333. The van der Waals surface area contributed by atoms with E-state index in [0.717, 1.165) is 56.3 Å². The first kappa shape index (κ1) is 16.9. The minimum atomic E-state index is 0.00538. The second-order valence-electron chi connectivity index (χ2n) is 6.98. The molecule has 134 valence electrons. The van der Waals surface area contributed by atoms with Crippen LogP contribution in [-0.2, 0) is 13.1 Å². The summed E-state index contributed by atoms with van der Waals surface area (Å²) < 4.78 is 1.67. The summed E-state index contributed by atoms with van der Waals surface area (Å²) in [6, 6.07) is 18.1. The zero-order valence-electron chi connectivity index (χ0n) is 15.1. The molecule has 1 aliphatic heterocycles. The molecule has 0 aliphatic carbocycles. The molecule has 5 heteroatoms. The number of nitrogens with zero attached hydrogens (tertiary/aromatic N) is 4. The van der Waals surface area contributed by atoms with Crippen LogP contribution < -0.4 is 5.56 Å². The number of piperazine rings is 1. The Labute approximate surface area is 153 Å². The zero-order valence-corrected chi connectivity index (χ0v) is 15.1. The van der Waals surface area contributed by atoms with Crippen molar-refractivity contribution in [3.63, 3.8) is 0 Å². The van der Waals surface area contributed by atoms with E-state index < -0.39 is 0 Å². The topological polar surface area (TPSA) is 40.9 Å². The highest BCUT2D eigenvalue weighted by molar-refractivity contribution is 5.40. The highest BCUT2D eigenvalue weighted by atomic mass is 16.1. The maximum Gasteiger partial charge on any atom is 0.258 e. The van der Waals surface area contributed by atoms with Gasteiger partial charge >= 0.3 is 0 Å². The van der Waals surface area contributed by atoms with Crippen molar-refractivity contribution in [2.24, 2.45) is 0 Å². The fourth-order valence-electron chi connectivity index (χ4n) is 3.62. The van der Waals surface area contributed by atoms with E-state index in [9.17, 15) is 4.79 Å². The number of pyridine rings is 1. The van der Waals surface area contributed by atoms with Gasteiger partial charge in [-0.05, 0) is 24.6 Å². The van der Waals surface area contributed by atoms with E-state index in [0.29, 0.717) is 0 Å². The molecule has 3 aromatic rings. The van der Waals surface area contributed by atoms with Gasteiger partial charge in [0.2, 0.25) is 0 Å². The van der Waals surface area contributed by atoms with Crippen molar-refractivity contribution in [1.29, 1.82) is 0 Å². The third-order valence-corrected chi connectivity index (χ3v) is 5.03. The Morgan fingerprint density at radius 1 is 0.885 bits per heavy atom. The van der Waals surface area contributed by atoms with E-state index in [1.165, 1.54) is 5.56 Å². The number of hydrogen-bond acceptors (Lipinski definition) is 4. The van der Waals surface area contributed by atoms with Crippen molar-refractivity contribution in [3.8, 4) is 0 Å². The third kappa shape index (κ3) is 3.69. The van der Waals surface area contributed by atoms with E-state index in [-0.39, 0.29) is 5.56 Å². The van der Waals surface area contributed by atoms with E-state index in [4.69, 9.17) is 0 Å². The molecule has 1 aromatic carbocycles. The monoisotopic (exact) mass is 348 g/mol. The molecule has 0 radical (unpaired) electrons. The number of rotatable bonds is 4. The highest BCUT2D eigenvalue weighted by Gasteiger charge is 2.18. The van der Waals surface area contributed by atoms with Crippen LogP contribution in [0.15, 0.2) is 59.4 Å². The summed E-state index contributed by atoms with van der Waals surface area (Å²) >= 11 is 0. The van der Waals surface area contributed by atoms with Crippen LogP contribution in [0.5, 0.6) is 0 Å². The zero-order chi connectivity index (χ0) is 17.9. The molecule has 0 atom stereocenters. The van der Waals surface area contributed by atoms with Crippen molar-refractivity contribution in [2.45, 2.75) is 20.0 Å². The van der Waals surface area contributed by atoms with E-state index in [1.54, 1.807) is 10.5 Å². The first-order chi connectivity index (χ1) is 12.7. The maximum atomic E-state index is 12.4. The van der Waals surface area contributed by atoms with Crippen LogP contribution in [0.3, 0.4) is 0 Å². The minimum Gasteiger partial charge on any atom is -0.297 e. The van der Waals surface area contributed by atoms with Crippen molar-refractivity contribution in [3.05, 3.63) is 81.9 Å². The molecule has 0 unspecified atom stereocenters. The van der Waals surface area contributed by atoms with E-state index >= 15 is 0 Å². The lowest BCUT2D eigenvalue weighted by Gasteiger charge is -2.34. The molecule has 26 heavy (non-hydrogen) atoms. The molecule has 1 aliphatic rings. The van der Waals surface area contributed by atoms with Gasteiger partial charge in [-0.3, -0.25) is 19.0 Å². The molecule has 0 spiro atoms. The number of fused-ring (bicyclic) bond motifs is 1. The summed E-state index contributed by atoms with van der Waals surface area (Å²) in [6.07, 6.45) is 0. The molecule has 0 amide bonds.